The highest BCUT2D eigenvalue weighted by Crippen LogP contribution is 2.15. The molecule has 0 radical (unpaired) electrons. The Bertz CT molecular complexity index is 190. The van der Waals surface area contributed by atoms with E-state index in [0.29, 0.717) is 5.92 Å². The summed E-state index contributed by atoms with van der Waals surface area (Å²) in [5.74, 6) is 0.555. The van der Waals surface area contributed by atoms with Gasteiger partial charge in [0.15, 0.2) is 0 Å². The molecule has 0 fully saturated rings. The minimum Gasteiger partial charge on any atom is -0.389 e. The molecule has 0 aliphatic carbocycles. The number of unbranched alkanes of at least 4 members (excludes halogenated alkanes) is 7. The summed E-state index contributed by atoms with van der Waals surface area (Å²) in [6, 6.07) is 0. The third-order valence-electron chi connectivity index (χ3n) is 3.56. The molecule has 0 aromatic heterocycles. The van der Waals surface area contributed by atoms with Gasteiger partial charge in [0.2, 0.25) is 0 Å². The molecule has 2 N–H and O–H groups in total. The van der Waals surface area contributed by atoms with E-state index in [1.165, 1.54) is 51.4 Å². The van der Waals surface area contributed by atoms with E-state index < -0.39 is 5.60 Å². The minimum atomic E-state index is -0.547. The molecule has 0 bridgehead atoms. The Morgan fingerprint density at radius 3 is 2.00 bits per heavy atom. The van der Waals surface area contributed by atoms with Gasteiger partial charge < -0.3 is 10.4 Å². The second kappa shape index (κ2) is 11.7. The molecule has 19 heavy (non-hydrogen) atoms. The molecule has 0 heterocycles. The van der Waals surface area contributed by atoms with Crippen molar-refractivity contribution in [3.63, 3.8) is 0 Å². The van der Waals surface area contributed by atoms with Gasteiger partial charge in [-0.15, -0.1) is 0 Å². The van der Waals surface area contributed by atoms with Crippen LogP contribution in [-0.4, -0.2) is 23.8 Å². The first-order valence-electron chi connectivity index (χ1n) is 8.41. The molecule has 0 spiro atoms. The van der Waals surface area contributed by atoms with Crippen molar-refractivity contribution in [1.82, 2.24) is 5.32 Å². The van der Waals surface area contributed by atoms with Crippen LogP contribution in [0, 0.1) is 5.92 Å². The zero-order valence-corrected chi connectivity index (χ0v) is 13.8. The molecule has 0 rings (SSSR count). The standard InChI is InChI=1S/C17H37NO/c1-5-6-7-8-9-10-11-12-13-18-15-17(4,19)14-16(2)3/h16,18-19H,5-15H2,1-4H3. The summed E-state index contributed by atoms with van der Waals surface area (Å²) in [6.45, 7) is 10.3. The molecule has 0 amide bonds. The molecule has 0 aliphatic rings. The summed E-state index contributed by atoms with van der Waals surface area (Å²) in [5.41, 5.74) is -0.547. The summed E-state index contributed by atoms with van der Waals surface area (Å²) >= 11 is 0. The number of hydrogen-bond donors (Lipinski definition) is 2. The molecule has 0 aromatic rings. The molecule has 0 saturated carbocycles. The Hall–Kier alpha value is -0.0800. The van der Waals surface area contributed by atoms with Gasteiger partial charge in [-0.25, -0.2) is 0 Å². The van der Waals surface area contributed by atoms with Crippen molar-refractivity contribution >= 4 is 0 Å². The van der Waals surface area contributed by atoms with Gasteiger partial charge in [-0.2, -0.15) is 0 Å². The van der Waals surface area contributed by atoms with E-state index in [-0.39, 0.29) is 0 Å². The van der Waals surface area contributed by atoms with Crippen LogP contribution in [0.5, 0.6) is 0 Å². The maximum absolute atomic E-state index is 10.1. The monoisotopic (exact) mass is 271 g/mol. The smallest absolute Gasteiger partial charge is 0.0746 e. The second-order valence-electron chi connectivity index (χ2n) is 6.75. The Labute approximate surface area is 121 Å². The molecule has 0 aromatic carbocycles. The molecular weight excluding hydrogens is 234 g/mol. The lowest BCUT2D eigenvalue weighted by molar-refractivity contribution is 0.0387. The van der Waals surface area contributed by atoms with Crippen LogP contribution in [-0.2, 0) is 0 Å². The Kier molecular flexibility index (Phi) is 11.7. The van der Waals surface area contributed by atoms with Gasteiger partial charge in [-0.1, -0.05) is 65.7 Å². The van der Waals surface area contributed by atoms with Crippen LogP contribution in [0.2, 0.25) is 0 Å². The van der Waals surface area contributed by atoms with Crippen LogP contribution >= 0.6 is 0 Å². The van der Waals surface area contributed by atoms with Gasteiger partial charge in [0.25, 0.3) is 0 Å². The third-order valence-corrected chi connectivity index (χ3v) is 3.56. The van der Waals surface area contributed by atoms with E-state index in [1.807, 2.05) is 6.92 Å². The number of hydrogen-bond acceptors (Lipinski definition) is 2. The molecule has 2 heteroatoms. The zero-order valence-electron chi connectivity index (χ0n) is 13.8. The maximum Gasteiger partial charge on any atom is 0.0746 e. The highest BCUT2D eigenvalue weighted by molar-refractivity contribution is 4.76. The molecule has 1 atom stereocenters. The highest BCUT2D eigenvalue weighted by atomic mass is 16.3. The Balaban J connectivity index is 3.26. The molecular formula is C17H37NO. The van der Waals surface area contributed by atoms with Crippen molar-refractivity contribution in [1.29, 1.82) is 0 Å². The fourth-order valence-corrected chi connectivity index (χ4v) is 2.69. The van der Waals surface area contributed by atoms with Crippen LogP contribution in [0.4, 0.5) is 0 Å². The minimum absolute atomic E-state index is 0.547. The van der Waals surface area contributed by atoms with Gasteiger partial charge in [0, 0.05) is 6.54 Å². The molecule has 0 aliphatic heterocycles. The van der Waals surface area contributed by atoms with Crippen LogP contribution in [0.1, 0.15) is 85.5 Å². The van der Waals surface area contributed by atoms with E-state index in [9.17, 15) is 5.11 Å². The first-order chi connectivity index (χ1) is 8.98. The fourth-order valence-electron chi connectivity index (χ4n) is 2.69. The summed E-state index contributed by atoms with van der Waals surface area (Å²) in [5, 5.41) is 13.5. The molecule has 1 unspecified atom stereocenters. The summed E-state index contributed by atoms with van der Waals surface area (Å²) in [7, 11) is 0. The first kappa shape index (κ1) is 18.9. The van der Waals surface area contributed by atoms with Crippen molar-refractivity contribution in [3.05, 3.63) is 0 Å². The lowest BCUT2D eigenvalue weighted by atomic mass is 9.94. The van der Waals surface area contributed by atoms with Crippen LogP contribution in [0.15, 0.2) is 0 Å². The SMILES string of the molecule is CCCCCCCCCCNCC(C)(O)CC(C)C. The number of aliphatic hydroxyl groups is 1. The van der Waals surface area contributed by atoms with Crippen LogP contribution < -0.4 is 5.32 Å². The van der Waals surface area contributed by atoms with Gasteiger partial charge in [-0.05, 0) is 32.2 Å². The van der Waals surface area contributed by atoms with Crippen LogP contribution in [0.3, 0.4) is 0 Å². The van der Waals surface area contributed by atoms with E-state index in [2.05, 4.69) is 26.1 Å². The highest BCUT2D eigenvalue weighted by Gasteiger charge is 2.20. The largest absolute Gasteiger partial charge is 0.389 e. The third kappa shape index (κ3) is 14.1. The number of rotatable bonds is 13. The predicted molar refractivity (Wildman–Crippen MR) is 85.6 cm³/mol. The Morgan fingerprint density at radius 1 is 0.947 bits per heavy atom. The summed E-state index contributed by atoms with van der Waals surface area (Å²) in [4.78, 5) is 0. The van der Waals surface area contributed by atoms with E-state index >= 15 is 0 Å². The normalized spacial score (nSPS) is 14.8. The van der Waals surface area contributed by atoms with E-state index in [0.717, 1.165) is 19.5 Å². The van der Waals surface area contributed by atoms with Crippen molar-refractivity contribution in [2.75, 3.05) is 13.1 Å². The van der Waals surface area contributed by atoms with E-state index in [1.54, 1.807) is 0 Å². The average molecular weight is 271 g/mol. The summed E-state index contributed by atoms with van der Waals surface area (Å²) < 4.78 is 0. The van der Waals surface area contributed by atoms with Crippen LogP contribution in [0.25, 0.3) is 0 Å². The van der Waals surface area contributed by atoms with Crippen molar-refractivity contribution in [2.45, 2.75) is 91.1 Å². The second-order valence-corrected chi connectivity index (χ2v) is 6.75. The average Bonchev–Trinajstić information content (AvgIpc) is 2.30. The van der Waals surface area contributed by atoms with Gasteiger partial charge >= 0.3 is 0 Å². The van der Waals surface area contributed by atoms with Crippen molar-refractivity contribution in [3.8, 4) is 0 Å². The quantitative estimate of drug-likeness (QED) is 0.483. The van der Waals surface area contributed by atoms with E-state index in [4.69, 9.17) is 0 Å². The first-order valence-corrected chi connectivity index (χ1v) is 8.41. The van der Waals surface area contributed by atoms with Crippen molar-refractivity contribution in [2.24, 2.45) is 5.92 Å². The summed E-state index contributed by atoms with van der Waals surface area (Å²) in [6.07, 6.45) is 11.7. The Morgan fingerprint density at radius 2 is 1.47 bits per heavy atom. The lowest BCUT2D eigenvalue weighted by Crippen LogP contribution is -2.39. The molecule has 116 valence electrons. The van der Waals surface area contributed by atoms with Crippen molar-refractivity contribution < 1.29 is 5.11 Å². The predicted octanol–water partition coefficient (Wildman–Crippen LogP) is 4.51. The van der Waals surface area contributed by atoms with Gasteiger partial charge in [0.1, 0.15) is 0 Å². The molecule has 2 nitrogen and oxygen atoms in total. The number of nitrogens with one attached hydrogen (secondary N) is 1. The fraction of sp³-hybridized carbons (Fsp3) is 1.00. The van der Waals surface area contributed by atoms with Gasteiger partial charge in [0.05, 0.1) is 5.60 Å². The zero-order chi connectivity index (χ0) is 14.6. The maximum atomic E-state index is 10.1. The lowest BCUT2D eigenvalue weighted by Gasteiger charge is -2.25. The topological polar surface area (TPSA) is 32.3 Å². The van der Waals surface area contributed by atoms with Gasteiger partial charge in [-0.3, -0.25) is 0 Å². The molecule has 0 saturated heterocycles.